The van der Waals surface area contributed by atoms with Crippen LogP contribution in [0.5, 0.6) is 0 Å². The Bertz CT molecular complexity index is 951. The highest BCUT2D eigenvalue weighted by molar-refractivity contribution is 6.06. The van der Waals surface area contributed by atoms with Crippen molar-refractivity contribution in [2.24, 2.45) is 0 Å². The molecule has 1 fully saturated rings. The first-order valence-electron chi connectivity index (χ1n) is 9.00. The summed E-state index contributed by atoms with van der Waals surface area (Å²) < 4.78 is 0. The van der Waals surface area contributed by atoms with Crippen molar-refractivity contribution in [1.82, 2.24) is 10.2 Å². The number of hydrogen-bond donors (Lipinski definition) is 1. The number of fused-ring (bicyclic) bond motifs is 1. The number of rotatable bonds is 3. The number of nitrogens with one attached hydrogen (secondary N) is 1. The predicted octanol–water partition coefficient (Wildman–Crippen LogP) is 2.18. The van der Waals surface area contributed by atoms with Gasteiger partial charge in [-0.2, -0.15) is 0 Å². The summed E-state index contributed by atoms with van der Waals surface area (Å²) in [5.41, 5.74) is 4.68. The van der Waals surface area contributed by atoms with E-state index in [0.717, 1.165) is 22.4 Å². The lowest BCUT2D eigenvalue weighted by Crippen LogP contribution is -2.52. The number of carbonyl (C=O) groups excluding carboxylic acids is 3. The molecule has 2 aliphatic heterocycles. The second-order valence-corrected chi connectivity index (χ2v) is 7.14. The zero-order valence-electron chi connectivity index (χ0n) is 15.4. The molecule has 138 valence electrons. The van der Waals surface area contributed by atoms with Crippen LogP contribution in [0, 0.1) is 0 Å². The van der Waals surface area contributed by atoms with Crippen LogP contribution in [0.15, 0.2) is 42.5 Å². The van der Waals surface area contributed by atoms with E-state index >= 15 is 0 Å². The molecule has 0 aromatic heterocycles. The van der Waals surface area contributed by atoms with Crippen LogP contribution >= 0.6 is 0 Å². The highest BCUT2D eigenvalue weighted by Crippen LogP contribution is 2.38. The molecule has 2 aromatic rings. The average molecular weight is 363 g/mol. The van der Waals surface area contributed by atoms with Gasteiger partial charge < -0.3 is 9.80 Å². The number of benzene rings is 2. The fraction of sp³-hybridized carbons (Fsp3) is 0.286. The molecule has 1 saturated heterocycles. The summed E-state index contributed by atoms with van der Waals surface area (Å²) in [4.78, 5) is 40.3. The summed E-state index contributed by atoms with van der Waals surface area (Å²) in [6, 6.07) is 13.2. The first kappa shape index (κ1) is 17.3. The Hall–Kier alpha value is -3.15. The van der Waals surface area contributed by atoms with Crippen molar-refractivity contribution in [2.75, 3.05) is 19.0 Å². The van der Waals surface area contributed by atoms with Crippen LogP contribution in [0.4, 0.5) is 5.69 Å². The Morgan fingerprint density at radius 2 is 1.67 bits per heavy atom. The third-order valence-corrected chi connectivity index (χ3v) is 5.26. The highest BCUT2D eigenvalue weighted by Gasteiger charge is 2.39. The zero-order valence-corrected chi connectivity index (χ0v) is 15.4. The monoisotopic (exact) mass is 363 g/mol. The van der Waals surface area contributed by atoms with Gasteiger partial charge in [-0.3, -0.25) is 19.7 Å². The fourth-order valence-electron chi connectivity index (χ4n) is 3.93. The molecule has 1 atom stereocenters. The van der Waals surface area contributed by atoms with Gasteiger partial charge in [-0.05, 0) is 29.7 Å². The van der Waals surface area contributed by atoms with Crippen LogP contribution in [-0.2, 0) is 16.1 Å². The van der Waals surface area contributed by atoms with Crippen LogP contribution in [0.25, 0.3) is 11.1 Å². The summed E-state index contributed by atoms with van der Waals surface area (Å²) in [6.07, 6.45) is 0.626. The first-order valence-corrected chi connectivity index (χ1v) is 9.00. The Labute approximate surface area is 157 Å². The first-order chi connectivity index (χ1) is 13.0. The second-order valence-electron chi connectivity index (χ2n) is 7.14. The third kappa shape index (κ3) is 2.87. The van der Waals surface area contributed by atoms with E-state index in [0.29, 0.717) is 18.5 Å². The molecule has 0 aliphatic carbocycles. The lowest BCUT2D eigenvalue weighted by molar-refractivity contribution is -0.136. The average Bonchev–Trinajstić information content (AvgIpc) is 2.98. The summed E-state index contributed by atoms with van der Waals surface area (Å²) in [7, 11) is 3.98. The van der Waals surface area contributed by atoms with Gasteiger partial charge in [0.25, 0.3) is 5.91 Å². The van der Waals surface area contributed by atoms with Crippen molar-refractivity contribution in [3.8, 4) is 11.1 Å². The van der Waals surface area contributed by atoms with E-state index in [4.69, 9.17) is 0 Å². The molecule has 27 heavy (non-hydrogen) atoms. The van der Waals surface area contributed by atoms with Crippen molar-refractivity contribution in [3.05, 3.63) is 53.6 Å². The number of amides is 3. The van der Waals surface area contributed by atoms with Crippen molar-refractivity contribution >= 4 is 23.4 Å². The Kier molecular flexibility index (Phi) is 4.18. The fourth-order valence-corrected chi connectivity index (χ4v) is 3.93. The maximum atomic E-state index is 13.0. The molecule has 2 aliphatic rings. The van der Waals surface area contributed by atoms with Gasteiger partial charge in [-0.1, -0.05) is 30.3 Å². The minimum Gasteiger partial charge on any atom is -0.377 e. The summed E-state index contributed by atoms with van der Waals surface area (Å²) in [6.45, 7) is 0.373. The zero-order chi connectivity index (χ0) is 19.1. The van der Waals surface area contributed by atoms with Crippen LogP contribution < -0.4 is 10.2 Å². The Morgan fingerprint density at radius 1 is 0.963 bits per heavy atom. The van der Waals surface area contributed by atoms with Gasteiger partial charge >= 0.3 is 0 Å². The van der Waals surface area contributed by atoms with Gasteiger partial charge in [-0.15, -0.1) is 0 Å². The molecule has 6 nitrogen and oxygen atoms in total. The van der Waals surface area contributed by atoms with Crippen molar-refractivity contribution < 1.29 is 14.4 Å². The van der Waals surface area contributed by atoms with E-state index in [1.165, 1.54) is 0 Å². The molecule has 1 unspecified atom stereocenters. The molecule has 4 rings (SSSR count). The minimum absolute atomic E-state index is 0.149. The lowest BCUT2D eigenvalue weighted by atomic mass is 9.95. The largest absolute Gasteiger partial charge is 0.377 e. The summed E-state index contributed by atoms with van der Waals surface area (Å²) >= 11 is 0. The summed E-state index contributed by atoms with van der Waals surface area (Å²) in [5.74, 6) is -0.813. The molecular formula is C21H21N3O3. The topological polar surface area (TPSA) is 69.7 Å². The Balaban J connectivity index is 1.74. The van der Waals surface area contributed by atoms with E-state index in [1.807, 2.05) is 61.5 Å². The molecule has 6 heteroatoms. The SMILES string of the molecule is CN(C)c1ccccc1-c1cccc2c1CN(C1CCC(=O)NC1=O)C2=O. The quantitative estimate of drug-likeness (QED) is 0.849. The van der Waals surface area contributed by atoms with Gasteiger partial charge in [0, 0.05) is 43.9 Å². The number of anilines is 1. The number of para-hydroxylation sites is 1. The lowest BCUT2D eigenvalue weighted by Gasteiger charge is -2.29. The van der Waals surface area contributed by atoms with E-state index in [-0.39, 0.29) is 24.1 Å². The molecule has 0 spiro atoms. The van der Waals surface area contributed by atoms with Crippen LogP contribution in [0.3, 0.4) is 0 Å². The molecule has 0 bridgehead atoms. The number of piperidine rings is 1. The molecule has 2 aromatic carbocycles. The molecule has 0 saturated carbocycles. The Morgan fingerprint density at radius 3 is 2.41 bits per heavy atom. The van der Waals surface area contributed by atoms with Crippen molar-refractivity contribution in [3.63, 3.8) is 0 Å². The molecule has 1 N–H and O–H groups in total. The maximum Gasteiger partial charge on any atom is 0.255 e. The maximum absolute atomic E-state index is 13.0. The van der Waals surface area contributed by atoms with Crippen molar-refractivity contribution in [1.29, 1.82) is 0 Å². The van der Waals surface area contributed by atoms with Gasteiger partial charge in [0.15, 0.2) is 0 Å². The van der Waals surface area contributed by atoms with E-state index in [2.05, 4.69) is 5.32 Å². The van der Waals surface area contributed by atoms with Gasteiger partial charge in [0.05, 0.1) is 0 Å². The molecule has 0 radical (unpaired) electrons. The van der Waals surface area contributed by atoms with E-state index in [9.17, 15) is 14.4 Å². The van der Waals surface area contributed by atoms with Crippen LogP contribution in [0.1, 0.15) is 28.8 Å². The number of imide groups is 1. The molecule has 2 heterocycles. The standard InChI is InChI=1S/C21H21N3O3/c1-23(2)17-9-4-3-6-14(17)13-7-5-8-15-16(13)12-24(21(15)27)18-10-11-19(25)22-20(18)26/h3-9,18H,10-12H2,1-2H3,(H,22,25,26). The minimum atomic E-state index is -0.598. The number of hydrogen-bond acceptors (Lipinski definition) is 4. The number of carbonyl (C=O) groups is 3. The summed E-state index contributed by atoms with van der Waals surface area (Å²) in [5, 5.41) is 2.35. The molecule has 3 amide bonds. The predicted molar refractivity (Wildman–Crippen MR) is 102 cm³/mol. The van der Waals surface area contributed by atoms with Crippen LogP contribution in [-0.4, -0.2) is 42.8 Å². The van der Waals surface area contributed by atoms with Crippen molar-refractivity contribution in [2.45, 2.75) is 25.4 Å². The second kappa shape index (κ2) is 6.54. The number of nitrogens with zero attached hydrogens (tertiary/aromatic N) is 2. The third-order valence-electron chi connectivity index (χ3n) is 5.26. The van der Waals surface area contributed by atoms with Crippen LogP contribution in [0.2, 0.25) is 0 Å². The van der Waals surface area contributed by atoms with Gasteiger partial charge in [0.2, 0.25) is 11.8 Å². The highest BCUT2D eigenvalue weighted by atomic mass is 16.2. The van der Waals surface area contributed by atoms with E-state index in [1.54, 1.807) is 4.90 Å². The molecular weight excluding hydrogens is 342 g/mol. The van der Waals surface area contributed by atoms with E-state index < -0.39 is 6.04 Å². The smallest absolute Gasteiger partial charge is 0.255 e. The van der Waals surface area contributed by atoms with Gasteiger partial charge in [0.1, 0.15) is 6.04 Å². The van der Waals surface area contributed by atoms with Gasteiger partial charge in [-0.25, -0.2) is 0 Å². The normalized spacial score (nSPS) is 19.1.